The van der Waals surface area contributed by atoms with E-state index in [2.05, 4.69) is 0 Å². The van der Waals surface area contributed by atoms with Gasteiger partial charge in [0.25, 0.3) is 0 Å². The minimum Gasteiger partial charge on any atom is -0.326 e. The Morgan fingerprint density at radius 2 is 1.94 bits per heavy atom. The average Bonchev–Trinajstić information content (AvgIpc) is 2.26. The highest BCUT2D eigenvalue weighted by Crippen LogP contribution is 2.23. The summed E-state index contributed by atoms with van der Waals surface area (Å²) in [6.45, 7) is 2.00. The number of nitrogens with zero attached hydrogens (tertiary/aromatic N) is 1. The highest BCUT2D eigenvalue weighted by Gasteiger charge is 2.31. The van der Waals surface area contributed by atoms with Gasteiger partial charge in [-0.05, 0) is 19.3 Å². The Bertz CT molecular complexity index is 303. The van der Waals surface area contributed by atoms with Crippen LogP contribution < -0.4 is 5.73 Å². The molecule has 1 aliphatic carbocycles. The van der Waals surface area contributed by atoms with Crippen molar-refractivity contribution in [1.29, 1.82) is 0 Å². The molecule has 0 spiro atoms. The molecule has 0 aromatic heterocycles. The molecule has 1 fully saturated rings. The summed E-state index contributed by atoms with van der Waals surface area (Å²) in [7, 11) is -1.42. The van der Waals surface area contributed by atoms with Gasteiger partial charge in [0.15, 0.2) is 0 Å². The summed E-state index contributed by atoms with van der Waals surface area (Å²) in [5, 5.41) is 0. The molecule has 1 rings (SSSR count). The fourth-order valence-corrected chi connectivity index (χ4v) is 3.88. The Kier molecular flexibility index (Phi) is 5.21. The molecule has 0 radical (unpaired) electrons. The lowest BCUT2D eigenvalue weighted by Crippen LogP contribution is -2.50. The molecule has 5 heteroatoms. The number of hydrogen-bond acceptors (Lipinski definition) is 3. The van der Waals surface area contributed by atoms with Crippen molar-refractivity contribution in [3.8, 4) is 0 Å². The Morgan fingerprint density at radius 1 is 1.31 bits per heavy atom. The van der Waals surface area contributed by atoms with E-state index in [1.807, 2.05) is 6.92 Å². The van der Waals surface area contributed by atoms with Crippen molar-refractivity contribution < 1.29 is 8.42 Å². The molecule has 0 amide bonds. The van der Waals surface area contributed by atoms with Gasteiger partial charge in [-0.15, -0.1) is 0 Å². The van der Waals surface area contributed by atoms with Crippen LogP contribution in [-0.2, 0) is 10.0 Å². The SMILES string of the molecule is CCCCS(=O)(=O)N(C)C1CCCCC1N. The Morgan fingerprint density at radius 3 is 2.50 bits per heavy atom. The van der Waals surface area contributed by atoms with E-state index in [0.29, 0.717) is 0 Å². The van der Waals surface area contributed by atoms with E-state index in [1.165, 1.54) is 4.31 Å². The van der Waals surface area contributed by atoms with Gasteiger partial charge < -0.3 is 5.73 Å². The lowest BCUT2D eigenvalue weighted by molar-refractivity contribution is 0.252. The van der Waals surface area contributed by atoms with Crippen LogP contribution in [0.25, 0.3) is 0 Å². The molecule has 0 aliphatic heterocycles. The number of unbranched alkanes of at least 4 members (excludes halogenated alkanes) is 1. The van der Waals surface area contributed by atoms with Crippen molar-refractivity contribution in [2.75, 3.05) is 12.8 Å². The summed E-state index contributed by atoms with van der Waals surface area (Å²) in [6.07, 6.45) is 5.70. The molecule has 0 heterocycles. The second-order valence-electron chi connectivity index (χ2n) is 4.70. The number of sulfonamides is 1. The van der Waals surface area contributed by atoms with Crippen LogP contribution in [0.2, 0.25) is 0 Å². The van der Waals surface area contributed by atoms with Gasteiger partial charge in [0, 0.05) is 19.1 Å². The molecular weight excluding hydrogens is 224 g/mol. The third kappa shape index (κ3) is 3.43. The summed E-state index contributed by atoms with van der Waals surface area (Å²) >= 11 is 0. The second kappa shape index (κ2) is 5.98. The molecule has 1 saturated carbocycles. The minimum absolute atomic E-state index is 0.00940. The average molecular weight is 248 g/mol. The molecular formula is C11H24N2O2S. The maximum absolute atomic E-state index is 12.0. The van der Waals surface area contributed by atoms with Crippen molar-refractivity contribution in [3.05, 3.63) is 0 Å². The van der Waals surface area contributed by atoms with Gasteiger partial charge in [0.05, 0.1) is 5.75 Å². The molecule has 16 heavy (non-hydrogen) atoms. The maximum Gasteiger partial charge on any atom is 0.214 e. The van der Waals surface area contributed by atoms with Gasteiger partial charge >= 0.3 is 0 Å². The van der Waals surface area contributed by atoms with Gasteiger partial charge in [0.1, 0.15) is 0 Å². The lowest BCUT2D eigenvalue weighted by Gasteiger charge is -2.35. The molecule has 2 unspecified atom stereocenters. The first-order valence-corrected chi connectivity index (χ1v) is 7.81. The zero-order chi connectivity index (χ0) is 12.2. The normalized spacial score (nSPS) is 27.2. The minimum atomic E-state index is -3.10. The molecule has 0 aromatic carbocycles. The number of nitrogens with two attached hydrogens (primary N) is 1. The van der Waals surface area contributed by atoms with E-state index in [0.717, 1.165) is 38.5 Å². The van der Waals surface area contributed by atoms with Gasteiger partial charge in [-0.2, -0.15) is 0 Å². The van der Waals surface area contributed by atoms with Crippen LogP contribution in [0, 0.1) is 0 Å². The van der Waals surface area contributed by atoms with Crippen LogP contribution in [0.4, 0.5) is 0 Å². The molecule has 1 aliphatic rings. The van der Waals surface area contributed by atoms with Crippen LogP contribution in [0.3, 0.4) is 0 Å². The summed E-state index contributed by atoms with van der Waals surface area (Å²) in [6, 6.07) is 0.0192. The third-order valence-corrected chi connectivity index (χ3v) is 5.40. The van der Waals surface area contributed by atoms with Crippen LogP contribution in [0.5, 0.6) is 0 Å². The second-order valence-corrected chi connectivity index (χ2v) is 6.85. The molecule has 0 bridgehead atoms. The van der Waals surface area contributed by atoms with E-state index < -0.39 is 10.0 Å². The van der Waals surface area contributed by atoms with Crippen molar-refractivity contribution in [3.63, 3.8) is 0 Å². The van der Waals surface area contributed by atoms with Crippen LogP contribution in [-0.4, -0.2) is 37.6 Å². The first-order valence-electron chi connectivity index (χ1n) is 6.20. The highest BCUT2D eigenvalue weighted by molar-refractivity contribution is 7.89. The van der Waals surface area contributed by atoms with Crippen molar-refractivity contribution in [2.24, 2.45) is 5.73 Å². The molecule has 4 nitrogen and oxygen atoms in total. The fraction of sp³-hybridized carbons (Fsp3) is 1.00. The largest absolute Gasteiger partial charge is 0.326 e. The number of likely N-dealkylation sites (N-methyl/N-ethyl adjacent to an activating group) is 1. The monoisotopic (exact) mass is 248 g/mol. The Balaban J connectivity index is 2.64. The van der Waals surface area contributed by atoms with Crippen molar-refractivity contribution in [2.45, 2.75) is 57.5 Å². The van der Waals surface area contributed by atoms with E-state index in [1.54, 1.807) is 7.05 Å². The number of rotatable bonds is 5. The van der Waals surface area contributed by atoms with Gasteiger partial charge in [0.2, 0.25) is 10.0 Å². The first kappa shape index (κ1) is 13.9. The molecule has 2 N–H and O–H groups in total. The van der Waals surface area contributed by atoms with Crippen LogP contribution in [0.1, 0.15) is 45.4 Å². The van der Waals surface area contributed by atoms with E-state index in [9.17, 15) is 8.42 Å². The van der Waals surface area contributed by atoms with Crippen LogP contribution in [0.15, 0.2) is 0 Å². The Hall–Kier alpha value is -0.130. The molecule has 0 saturated heterocycles. The fourth-order valence-electron chi connectivity index (χ4n) is 2.27. The van der Waals surface area contributed by atoms with Gasteiger partial charge in [-0.1, -0.05) is 26.2 Å². The molecule has 96 valence electrons. The quantitative estimate of drug-likeness (QED) is 0.798. The third-order valence-electron chi connectivity index (χ3n) is 3.44. The van der Waals surface area contributed by atoms with Crippen molar-refractivity contribution >= 4 is 10.0 Å². The predicted octanol–water partition coefficient (Wildman–Crippen LogP) is 1.32. The molecule has 0 aromatic rings. The predicted molar refractivity (Wildman–Crippen MR) is 66.7 cm³/mol. The topological polar surface area (TPSA) is 63.4 Å². The number of hydrogen-bond donors (Lipinski definition) is 1. The smallest absolute Gasteiger partial charge is 0.214 e. The molecule has 2 atom stereocenters. The Labute approximate surface area is 99.2 Å². The first-order chi connectivity index (χ1) is 7.49. The summed E-state index contributed by atoms with van der Waals surface area (Å²) in [4.78, 5) is 0. The van der Waals surface area contributed by atoms with E-state index in [4.69, 9.17) is 5.73 Å². The van der Waals surface area contributed by atoms with E-state index >= 15 is 0 Å². The summed E-state index contributed by atoms with van der Waals surface area (Å²) in [5.74, 6) is 0.253. The van der Waals surface area contributed by atoms with Gasteiger partial charge in [-0.25, -0.2) is 12.7 Å². The van der Waals surface area contributed by atoms with E-state index in [-0.39, 0.29) is 17.8 Å². The maximum atomic E-state index is 12.0. The zero-order valence-corrected chi connectivity index (χ0v) is 11.2. The summed E-state index contributed by atoms with van der Waals surface area (Å²) < 4.78 is 25.5. The highest BCUT2D eigenvalue weighted by atomic mass is 32.2. The standard InChI is InChI=1S/C11H24N2O2S/c1-3-4-9-16(14,15)13(2)11-8-6-5-7-10(11)12/h10-11H,3-9,12H2,1-2H3. The van der Waals surface area contributed by atoms with Crippen LogP contribution >= 0.6 is 0 Å². The van der Waals surface area contributed by atoms with Gasteiger partial charge in [-0.3, -0.25) is 0 Å². The zero-order valence-electron chi connectivity index (χ0n) is 10.4. The van der Waals surface area contributed by atoms with Crippen molar-refractivity contribution in [1.82, 2.24) is 4.31 Å². The lowest BCUT2D eigenvalue weighted by atomic mass is 9.91. The summed E-state index contributed by atoms with van der Waals surface area (Å²) in [5.41, 5.74) is 6.00.